The predicted octanol–water partition coefficient (Wildman–Crippen LogP) is 3.38. The third kappa shape index (κ3) is 3.28. The van der Waals surface area contributed by atoms with Crippen LogP contribution >= 0.6 is 0 Å². The highest BCUT2D eigenvalue weighted by molar-refractivity contribution is 7.90. The SMILES string of the molecule is CCC(c1ccc(F)cc1S(C)(=O)=O)C(C)C. The van der Waals surface area contributed by atoms with E-state index >= 15 is 0 Å². The topological polar surface area (TPSA) is 34.1 Å². The van der Waals surface area contributed by atoms with E-state index < -0.39 is 15.7 Å². The molecule has 1 aromatic rings. The maximum atomic E-state index is 13.2. The molecule has 0 bridgehead atoms. The standard InChI is InChI=1S/C13H19FO2S/c1-5-11(9(2)3)12-7-6-10(14)8-13(12)17(4,15)16/h6-9,11H,5H2,1-4H3. The van der Waals surface area contributed by atoms with Crippen LogP contribution in [-0.2, 0) is 9.84 Å². The Balaban J connectivity index is 3.43. The van der Waals surface area contributed by atoms with Gasteiger partial charge in [-0.1, -0.05) is 26.8 Å². The zero-order chi connectivity index (χ0) is 13.2. The first-order valence-corrected chi connectivity index (χ1v) is 7.66. The number of rotatable bonds is 4. The van der Waals surface area contributed by atoms with E-state index in [-0.39, 0.29) is 10.8 Å². The smallest absolute Gasteiger partial charge is 0.175 e. The van der Waals surface area contributed by atoms with Crippen LogP contribution in [0.1, 0.15) is 38.7 Å². The molecule has 2 nitrogen and oxygen atoms in total. The average molecular weight is 258 g/mol. The van der Waals surface area contributed by atoms with Crippen LogP contribution in [0.25, 0.3) is 0 Å². The fourth-order valence-corrected chi connectivity index (χ4v) is 3.16. The molecule has 4 heteroatoms. The number of halogens is 1. The fraction of sp³-hybridized carbons (Fsp3) is 0.538. The summed E-state index contributed by atoms with van der Waals surface area (Å²) in [5.74, 6) is -0.0425. The maximum Gasteiger partial charge on any atom is 0.175 e. The van der Waals surface area contributed by atoms with Gasteiger partial charge in [-0.05, 0) is 36.0 Å². The largest absolute Gasteiger partial charge is 0.224 e. The number of benzene rings is 1. The van der Waals surface area contributed by atoms with Crippen LogP contribution in [0.3, 0.4) is 0 Å². The molecule has 0 fully saturated rings. The molecule has 0 heterocycles. The maximum absolute atomic E-state index is 13.2. The Kier molecular flexibility index (Phi) is 4.31. The molecule has 0 aliphatic heterocycles. The van der Waals surface area contributed by atoms with Gasteiger partial charge in [-0.2, -0.15) is 0 Å². The molecular formula is C13H19FO2S. The van der Waals surface area contributed by atoms with Gasteiger partial charge in [0.25, 0.3) is 0 Å². The lowest BCUT2D eigenvalue weighted by atomic mass is 9.86. The van der Waals surface area contributed by atoms with Gasteiger partial charge < -0.3 is 0 Å². The Bertz CT molecular complexity index is 492. The van der Waals surface area contributed by atoms with Crippen molar-refractivity contribution in [1.82, 2.24) is 0 Å². The Morgan fingerprint density at radius 2 is 1.88 bits per heavy atom. The highest BCUT2D eigenvalue weighted by atomic mass is 32.2. The molecule has 0 spiro atoms. The van der Waals surface area contributed by atoms with Crippen molar-refractivity contribution in [2.45, 2.75) is 38.0 Å². The lowest BCUT2D eigenvalue weighted by molar-refractivity contribution is 0.475. The molecule has 1 aromatic carbocycles. The number of hydrogen-bond acceptors (Lipinski definition) is 2. The van der Waals surface area contributed by atoms with Crippen LogP contribution in [0.2, 0.25) is 0 Å². The molecule has 96 valence electrons. The second kappa shape index (κ2) is 5.17. The van der Waals surface area contributed by atoms with E-state index in [9.17, 15) is 12.8 Å². The van der Waals surface area contributed by atoms with Gasteiger partial charge in [-0.25, -0.2) is 12.8 Å². The van der Waals surface area contributed by atoms with E-state index in [1.54, 1.807) is 6.07 Å². The van der Waals surface area contributed by atoms with Crippen molar-refractivity contribution in [1.29, 1.82) is 0 Å². The first-order chi connectivity index (χ1) is 7.77. The Morgan fingerprint density at radius 3 is 2.29 bits per heavy atom. The summed E-state index contributed by atoms with van der Waals surface area (Å²) in [6.45, 7) is 6.10. The van der Waals surface area contributed by atoms with Crippen LogP contribution < -0.4 is 0 Å². The van der Waals surface area contributed by atoms with Gasteiger partial charge in [0.2, 0.25) is 0 Å². The molecule has 0 aliphatic carbocycles. The second-order valence-corrected chi connectivity index (χ2v) is 6.70. The van der Waals surface area contributed by atoms with Crippen LogP contribution in [0.5, 0.6) is 0 Å². The molecule has 1 rings (SSSR count). The van der Waals surface area contributed by atoms with Crippen LogP contribution in [0.4, 0.5) is 4.39 Å². The van der Waals surface area contributed by atoms with Crippen molar-refractivity contribution in [2.24, 2.45) is 5.92 Å². The van der Waals surface area contributed by atoms with Crippen molar-refractivity contribution in [3.8, 4) is 0 Å². The lowest BCUT2D eigenvalue weighted by Crippen LogP contribution is -2.11. The van der Waals surface area contributed by atoms with Crippen molar-refractivity contribution in [3.05, 3.63) is 29.6 Å². The van der Waals surface area contributed by atoms with E-state index in [2.05, 4.69) is 0 Å². The summed E-state index contributed by atoms with van der Waals surface area (Å²) in [7, 11) is -3.38. The van der Waals surface area contributed by atoms with E-state index in [1.807, 2.05) is 20.8 Å². The molecule has 1 unspecified atom stereocenters. The molecule has 0 aromatic heterocycles. The van der Waals surface area contributed by atoms with Gasteiger partial charge in [0, 0.05) is 6.26 Å². The van der Waals surface area contributed by atoms with Gasteiger partial charge in [-0.3, -0.25) is 0 Å². The summed E-state index contributed by atoms with van der Waals surface area (Å²) >= 11 is 0. The monoisotopic (exact) mass is 258 g/mol. The average Bonchev–Trinajstić information content (AvgIpc) is 2.19. The second-order valence-electron chi connectivity index (χ2n) is 4.71. The molecule has 0 saturated heterocycles. The van der Waals surface area contributed by atoms with Crippen molar-refractivity contribution < 1.29 is 12.8 Å². The minimum absolute atomic E-state index is 0.123. The Labute approximate surface area is 103 Å². The minimum atomic E-state index is -3.38. The van der Waals surface area contributed by atoms with Gasteiger partial charge in [0.1, 0.15) is 5.82 Å². The summed E-state index contributed by atoms with van der Waals surface area (Å²) in [5.41, 5.74) is 0.728. The first-order valence-electron chi connectivity index (χ1n) is 5.76. The first kappa shape index (κ1) is 14.2. The Morgan fingerprint density at radius 1 is 1.29 bits per heavy atom. The number of sulfone groups is 1. The van der Waals surface area contributed by atoms with Gasteiger partial charge in [0.15, 0.2) is 9.84 Å². The predicted molar refractivity (Wildman–Crippen MR) is 67.4 cm³/mol. The molecule has 1 atom stereocenters. The third-order valence-electron chi connectivity index (χ3n) is 3.02. The zero-order valence-corrected chi connectivity index (χ0v) is 11.5. The quantitative estimate of drug-likeness (QED) is 0.829. The summed E-state index contributed by atoms with van der Waals surface area (Å²) in [5, 5.41) is 0. The highest BCUT2D eigenvalue weighted by Gasteiger charge is 2.22. The summed E-state index contributed by atoms with van der Waals surface area (Å²) < 4.78 is 36.5. The molecular weight excluding hydrogens is 239 g/mol. The summed E-state index contributed by atoms with van der Waals surface area (Å²) in [6.07, 6.45) is 1.96. The number of hydrogen-bond donors (Lipinski definition) is 0. The fourth-order valence-electron chi connectivity index (χ4n) is 2.19. The molecule has 0 saturated carbocycles. The van der Waals surface area contributed by atoms with Gasteiger partial charge in [0.05, 0.1) is 4.90 Å². The van der Waals surface area contributed by atoms with Crippen molar-refractivity contribution >= 4 is 9.84 Å². The lowest BCUT2D eigenvalue weighted by Gasteiger charge is -2.22. The van der Waals surface area contributed by atoms with Gasteiger partial charge >= 0.3 is 0 Å². The molecule has 0 N–H and O–H groups in total. The third-order valence-corrected chi connectivity index (χ3v) is 4.17. The molecule has 17 heavy (non-hydrogen) atoms. The van der Waals surface area contributed by atoms with Gasteiger partial charge in [-0.15, -0.1) is 0 Å². The van der Waals surface area contributed by atoms with E-state index in [0.29, 0.717) is 5.92 Å². The molecule has 0 radical (unpaired) electrons. The van der Waals surface area contributed by atoms with E-state index in [0.717, 1.165) is 24.3 Å². The normalized spacial score (nSPS) is 14.0. The van der Waals surface area contributed by atoms with Crippen LogP contribution in [0, 0.1) is 11.7 Å². The summed E-state index contributed by atoms with van der Waals surface area (Å²) in [6, 6.07) is 4.05. The van der Waals surface area contributed by atoms with E-state index in [4.69, 9.17) is 0 Å². The van der Waals surface area contributed by atoms with E-state index in [1.165, 1.54) is 6.07 Å². The molecule has 0 aliphatic rings. The minimum Gasteiger partial charge on any atom is -0.224 e. The van der Waals surface area contributed by atoms with Crippen molar-refractivity contribution in [3.63, 3.8) is 0 Å². The van der Waals surface area contributed by atoms with Crippen molar-refractivity contribution in [2.75, 3.05) is 6.26 Å². The molecule has 0 amide bonds. The summed E-state index contributed by atoms with van der Waals surface area (Å²) in [4.78, 5) is 0.123. The Hall–Kier alpha value is -0.900. The van der Waals surface area contributed by atoms with Crippen LogP contribution in [-0.4, -0.2) is 14.7 Å². The highest BCUT2D eigenvalue weighted by Crippen LogP contribution is 2.32. The van der Waals surface area contributed by atoms with Crippen LogP contribution in [0.15, 0.2) is 23.1 Å². The zero-order valence-electron chi connectivity index (χ0n) is 10.7.